The molecule has 3 N–H and O–H groups in total. The number of nitrogens with zero attached hydrogens (tertiary/aromatic N) is 3. The van der Waals surface area contributed by atoms with Gasteiger partial charge in [0.25, 0.3) is 0 Å². The summed E-state index contributed by atoms with van der Waals surface area (Å²) in [5.74, 6) is 0. The molecule has 72 valence electrons. The van der Waals surface area contributed by atoms with Crippen LogP contribution in [0.2, 0.25) is 0 Å². The van der Waals surface area contributed by atoms with E-state index in [4.69, 9.17) is 5.73 Å². The topological polar surface area (TPSA) is 68.8 Å². The Kier molecular flexibility index (Phi) is 2.28. The normalized spacial score (nSPS) is 29.1. The first kappa shape index (κ1) is 8.65. The third-order valence-electron chi connectivity index (χ3n) is 2.56. The van der Waals surface area contributed by atoms with Crippen LogP contribution in [0, 0.1) is 0 Å². The molecule has 1 aromatic heterocycles. The minimum atomic E-state index is 0.303. The summed E-state index contributed by atoms with van der Waals surface area (Å²) in [7, 11) is 1.92. The van der Waals surface area contributed by atoms with Crippen LogP contribution >= 0.6 is 0 Å². The molecule has 0 amide bonds. The molecule has 2 unspecified atom stereocenters. The largest absolute Gasteiger partial charge is 0.327 e. The highest BCUT2D eigenvalue weighted by Crippen LogP contribution is 2.20. The molecule has 0 aromatic carbocycles. The first-order chi connectivity index (χ1) is 6.27. The molecule has 0 spiro atoms. The summed E-state index contributed by atoms with van der Waals surface area (Å²) in [6.45, 7) is 0.885. The maximum Gasteiger partial charge on any atom is 0.0753 e. The summed E-state index contributed by atoms with van der Waals surface area (Å²) in [5, 5.41) is 11.2. The zero-order chi connectivity index (χ0) is 9.26. The van der Waals surface area contributed by atoms with Gasteiger partial charge in [0.05, 0.1) is 17.9 Å². The maximum absolute atomic E-state index is 5.79. The van der Waals surface area contributed by atoms with Gasteiger partial charge in [-0.05, 0) is 12.8 Å². The lowest BCUT2D eigenvalue weighted by molar-refractivity contribution is 0.359. The third-order valence-corrected chi connectivity index (χ3v) is 2.56. The van der Waals surface area contributed by atoms with Crippen LogP contribution in [0.15, 0.2) is 6.20 Å². The highest BCUT2D eigenvalue weighted by Gasteiger charge is 2.21. The predicted octanol–water partition coefficient (Wildman–Crippen LogP) is -0.433. The molecule has 0 aliphatic carbocycles. The van der Waals surface area contributed by atoms with Crippen molar-refractivity contribution in [2.24, 2.45) is 12.8 Å². The molecule has 1 aliphatic rings. The van der Waals surface area contributed by atoms with Gasteiger partial charge in [0.2, 0.25) is 0 Å². The standard InChI is InChI=1S/C8H15N5/c1-13-8(5-11-12-13)7-3-2-6(9)4-10-7/h5-7,10H,2-4,9H2,1H3. The Balaban J connectivity index is 2.06. The van der Waals surface area contributed by atoms with Crippen molar-refractivity contribution >= 4 is 0 Å². The van der Waals surface area contributed by atoms with Crippen LogP contribution in [0.3, 0.4) is 0 Å². The maximum atomic E-state index is 5.79. The van der Waals surface area contributed by atoms with E-state index in [9.17, 15) is 0 Å². The number of piperidine rings is 1. The number of nitrogens with one attached hydrogen (secondary N) is 1. The van der Waals surface area contributed by atoms with E-state index in [-0.39, 0.29) is 0 Å². The number of aromatic nitrogens is 3. The number of nitrogens with two attached hydrogens (primary N) is 1. The van der Waals surface area contributed by atoms with E-state index in [1.165, 1.54) is 0 Å². The molecule has 1 fully saturated rings. The van der Waals surface area contributed by atoms with E-state index in [0.29, 0.717) is 12.1 Å². The van der Waals surface area contributed by atoms with Gasteiger partial charge in [-0.2, -0.15) is 0 Å². The fourth-order valence-corrected chi connectivity index (χ4v) is 1.74. The molecular formula is C8H15N5. The third kappa shape index (κ3) is 1.71. The molecule has 0 saturated carbocycles. The number of hydrogen-bond acceptors (Lipinski definition) is 4. The second-order valence-electron chi connectivity index (χ2n) is 3.58. The molecular weight excluding hydrogens is 166 g/mol. The van der Waals surface area contributed by atoms with E-state index in [1.807, 2.05) is 17.9 Å². The van der Waals surface area contributed by atoms with Gasteiger partial charge >= 0.3 is 0 Å². The lowest BCUT2D eigenvalue weighted by Crippen LogP contribution is -2.41. The van der Waals surface area contributed by atoms with Crippen molar-refractivity contribution in [3.8, 4) is 0 Å². The molecule has 1 aromatic rings. The quantitative estimate of drug-likeness (QED) is 0.616. The second kappa shape index (κ2) is 3.43. The Bertz CT molecular complexity index is 274. The summed E-state index contributed by atoms with van der Waals surface area (Å²) in [6.07, 6.45) is 3.96. The van der Waals surface area contributed by atoms with Gasteiger partial charge in [0.15, 0.2) is 0 Å². The van der Waals surface area contributed by atoms with Crippen molar-refractivity contribution in [3.05, 3.63) is 11.9 Å². The van der Waals surface area contributed by atoms with Crippen molar-refractivity contribution < 1.29 is 0 Å². The number of hydrogen-bond donors (Lipinski definition) is 2. The molecule has 0 bridgehead atoms. The second-order valence-corrected chi connectivity index (χ2v) is 3.58. The van der Waals surface area contributed by atoms with Crippen molar-refractivity contribution in [2.45, 2.75) is 24.9 Å². The molecule has 0 radical (unpaired) electrons. The summed E-state index contributed by atoms with van der Waals surface area (Å²) >= 11 is 0. The van der Waals surface area contributed by atoms with E-state index in [1.54, 1.807) is 0 Å². The van der Waals surface area contributed by atoms with Crippen molar-refractivity contribution in [1.82, 2.24) is 20.3 Å². The Morgan fingerprint density at radius 1 is 1.62 bits per heavy atom. The number of rotatable bonds is 1. The van der Waals surface area contributed by atoms with Crippen LogP contribution in [0.5, 0.6) is 0 Å². The Labute approximate surface area is 77.3 Å². The van der Waals surface area contributed by atoms with Gasteiger partial charge in [-0.3, -0.25) is 4.68 Å². The van der Waals surface area contributed by atoms with E-state index < -0.39 is 0 Å². The SMILES string of the molecule is Cn1nncc1C1CCC(N)CN1. The molecule has 2 heterocycles. The van der Waals surface area contributed by atoms with Crippen LogP contribution in [-0.4, -0.2) is 27.6 Å². The van der Waals surface area contributed by atoms with Crippen molar-refractivity contribution in [3.63, 3.8) is 0 Å². The smallest absolute Gasteiger partial charge is 0.0753 e. The highest BCUT2D eigenvalue weighted by atomic mass is 15.4. The Morgan fingerprint density at radius 3 is 3.00 bits per heavy atom. The molecule has 5 heteroatoms. The summed E-state index contributed by atoms with van der Waals surface area (Å²) < 4.78 is 1.81. The van der Waals surface area contributed by atoms with Gasteiger partial charge in [-0.1, -0.05) is 5.21 Å². The summed E-state index contributed by atoms with van der Waals surface area (Å²) in [4.78, 5) is 0. The van der Waals surface area contributed by atoms with Crippen LogP contribution < -0.4 is 11.1 Å². The van der Waals surface area contributed by atoms with Gasteiger partial charge in [-0.25, -0.2) is 0 Å². The molecule has 5 nitrogen and oxygen atoms in total. The van der Waals surface area contributed by atoms with Crippen LogP contribution in [0.25, 0.3) is 0 Å². The van der Waals surface area contributed by atoms with Crippen LogP contribution in [0.1, 0.15) is 24.6 Å². The minimum absolute atomic E-state index is 0.303. The lowest BCUT2D eigenvalue weighted by Gasteiger charge is -2.27. The molecule has 1 saturated heterocycles. The average molecular weight is 181 g/mol. The predicted molar refractivity (Wildman–Crippen MR) is 49.0 cm³/mol. The summed E-state index contributed by atoms with van der Waals surface area (Å²) in [5.41, 5.74) is 6.93. The zero-order valence-electron chi connectivity index (χ0n) is 7.77. The summed E-state index contributed by atoms with van der Waals surface area (Å²) in [6, 6.07) is 0.678. The van der Waals surface area contributed by atoms with Gasteiger partial charge in [-0.15, -0.1) is 5.10 Å². The monoisotopic (exact) mass is 181 g/mol. The van der Waals surface area contributed by atoms with Gasteiger partial charge in [0, 0.05) is 19.6 Å². The first-order valence-corrected chi connectivity index (χ1v) is 4.61. The number of aryl methyl sites for hydroxylation is 1. The van der Waals surface area contributed by atoms with E-state index >= 15 is 0 Å². The fraction of sp³-hybridized carbons (Fsp3) is 0.750. The van der Waals surface area contributed by atoms with Gasteiger partial charge < -0.3 is 11.1 Å². The molecule has 2 atom stereocenters. The fourth-order valence-electron chi connectivity index (χ4n) is 1.74. The molecule has 1 aliphatic heterocycles. The van der Waals surface area contributed by atoms with E-state index in [2.05, 4.69) is 15.6 Å². The average Bonchev–Trinajstić information content (AvgIpc) is 2.53. The minimum Gasteiger partial charge on any atom is -0.327 e. The van der Waals surface area contributed by atoms with Crippen molar-refractivity contribution in [2.75, 3.05) is 6.54 Å². The Hall–Kier alpha value is -0.940. The highest BCUT2D eigenvalue weighted by molar-refractivity contribution is 5.03. The van der Waals surface area contributed by atoms with Crippen LogP contribution in [-0.2, 0) is 7.05 Å². The Morgan fingerprint density at radius 2 is 2.46 bits per heavy atom. The lowest BCUT2D eigenvalue weighted by atomic mass is 9.99. The zero-order valence-corrected chi connectivity index (χ0v) is 7.77. The first-order valence-electron chi connectivity index (χ1n) is 4.61. The van der Waals surface area contributed by atoms with Crippen molar-refractivity contribution in [1.29, 1.82) is 0 Å². The van der Waals surface area contributed by atoms with E-state index in [0.717, 1.165) is 25.1 Å². The van der Waals surface area contributed by atoms with Gasteiger partial charge in [0.1, 0.15) is 0 Å². The molecule has 13 heavy (non-hydrogen) atoms. The molecule has 2 rings (SSSR count). The van der Waals surface area contributed by atoms with Crippen LogP contribution in [0.4, 0.5) is 0 Å².